The van der Waals surface area contributed by atoms with Crippen LogP contribution in [0, 0.1) is 0 Å². The van der Waals surface area contributed by atoms with Gasteiger partial charge in [-0.3, -0.25) is 14.3 Å². The predicted octanol–water partition coefficient (Wildman–Crippen LogP) is 0.578. The van der Waals surface area contributed by atoms with Gasteiger partial charge in [-0.1, -0.05) is 13.8 Å². The smallest absolute Gasteiger partial charge is 0.329 e. The van der Waals surface area contributed by atoms with E-state index in [4.69, 9.17) is 5.73 Å². The Morgan fingerprint density at radius 2 is 1.95 bits per heavy atom. The number of nitrogen functional groups attached to an aromatic ring is 1. The highest BCUT2D eigenvalue weighted by molar-refractivity contribution is 5.60. The second kappa shape index (κ2) is 7.87. The van der Waals surface area contributed by atoms with Crippen molar-refractivity contribution in [3.8, 4) is 0 Å². The van der Waals surface area contributed by atoms with Gasteiger partial charge in [-0.25, -0.2) is 4.79 Å². The van der Waals surface area contributed by atoms with E-state index in [0.29, 0.717) is 0 Å². The van der Waals surface area contributed by atoms with Crippen LogP contribution in [0.4, 0.5) is 11.5 Å². The Kier molecular flexibility index (Phi) is 6.48. The Labute approximate surface area is 125 Å². The maximum atomic E-state index is 11.8. The summed E-state index contributed by atoms with van der Waals surface area (Å²) in [7, 11) is 1.53. The Balaban J connectivity index is 2.64. The minimum atomic E-state index is -0.503. The number of nitrogens with two attached hydrogens (primary N) is 1. The van der Waals surface area contributed by atoms with Gasteiger partial charge in [0.2, 0.25) is 0 Å². The molecule has 0 aliphatic carbocycles. The van der Waals surface area contributed by atoms with Gasteiger partial charge in [-0.15, -0.1) is 0 Å². The molecule has 0 aliphatic rings. The lowest BCUT2D eigenvalue weighted by Crippen LogP contribution is -2.34. The average molecular weight is 297 g/mol. The molecule has 7 nitrogen and oxygen atoms in total. The third-order valence-corrected chi connectivity index (χ3v) is 3.77. The molecule has 1 atom stereocenters. The van der Waals surface area contributed by atoms with E-state index in [9.17, 15) is 9.59 Å². The highest BCUT2D eigenvalue weighted by Crippen LogP contribution is 2.12. The van der Waals surface area contributed by atoms with Gasteiger partial charge in [0, 0.05) is 13.1 Å². The number of hydrogen-bond donors (Lipinski definition) is 3. The van der Waals surface area contributed by atoms with Crippen molar-refractivity contribution in [1.82, 2.24) is 14.5 Å². The number of hydrogen-bond acceptors (Lipinski definition) is 5. The van der Waals surface area contributed by atoms with Gasteiger partial charge in [0.1, 0.15) is 11.5 Å². The molecule has 1 heterocycles. The number of nitrogens with zero attached hydrogens (tertiary/aromatic N) is 2. The first kappa shape index (κ1) is 17.3. The van der Waals surface area contributed by atoms with Gasteiger partial charge >= 0.3 is 5.69 Å². The number of anilines is 2. The molecular formula is C14H27N5O2. The van der Waals surface area contributed by atoms with Crippen LogP contribution < -0.4 is 22.3 Å². The number of aromatic nitrogens is 2. The summed E-state index contributed by atoms with van der Waals surface area (Å²) in [5.41, 5.74) is 5.13. The summed E-state index contributed by atoms with van der Waals surface area (Å²) in [4.78, 5) is 27.8. The minimum absolute atomic E-state index is 0.112. The minimum Gasteiger partial charge on any atom is -0.383 e. The van der Waals surface area contributed by atoms with Gasteiger partial charge < -0.3 is 16.0 Å². The third kappa shape index (κ3) is 4.63. The maximum Gasteiger partial charge on any atom is 0.329 e. The van der Waals surface area contributed by atoms with Crippen LogP contribution >= 0.6 is 0 Å². The molecule has 120 valence electrons. The second-order valence-corrected chi connectivity index (χ2v) is 5.29. The van der Waals surface area contributed by atoms with E-state index in [-0.39, 0.29) is 17.5 Å². The second-order valence-electron chi connectivity index (χ2n) is 5.29. The van der Waals surface area contributed by atoms with Crippen LogP contribution in [-0.2, 0) is 7.05 Å². The summed E-state index contributed by atoms with van der Waals surface area (Å²) in [6, 6.07) is 0.112. The van der Waals surface area contributed by atoms with Crippen LogP contribution in [-0.4, -0.2) is 40.1 Å². The normalized spacial score (nSPS) is 12.6. The standard InChI is InChI=1S/C14H27N5O2/c1-5-19(6-2)9-7-8-10(3)16-11-12(15)18(4)14(21)17-13(11)20/h10,16H,5-9,15H2,1-4H3,(H,17,20,21). The third-order valence-electron chi connectivity index (χ3n) is 3.77. The molecule has 0 saturated carbocycles. The Morgan fingerprint density at radius 1 is 1.33 bits per heavy atom. The lowest BCUT2D eigenvalue weighted by molar-refractivity contribution is 0.295. The van der Waals surface area contributed by atoms with Gasteiger partial charge in [0.05, 0.1) is 0 Å². The predicted molar refractivity (Wildman–Crippen MR) is 86.8 cm³/mol. The largest absolute Gasteiger partial charge is 0.383 e. The molecule has 0 aromatic carbocycles. The fraction of sp³-hybridized carbons (Fsp3) is 0.714. The molecule has 1 unspecified atom stereocenters. The molecule has 21 heavy (non-hydrogen) atoms. The first-order valence-electron chi connectivity index (χ1n) is 7.48. The molecule has 0 saturated heterocycles. The van der Waals surface area contributed by atoms with E-state index in [0.717, 1.165) is 32.5 Å². The van der Waals surface area contributed by atoms with Gasteiger partial charge in [0.15, 0.2) is 0 Å². The monoisotopic (exact) mass is 297 g/mol. The SMILES string of the molecule is CCN(CC)CCCC(C)Nc1c(N)n(C)c(=O)[nH]c1=O. The zero-order valence-electron chi connectivity index (χ0n) is 13.4. The van der Waals surface area contributed by atoms with E-state index in [1.54, 1.807) is 0 Å². The topological polar surface area (TPSA) is 96.2 Å². The zero-order chi connectivity index (χ0) is 16.0. The van der Waals surface area contributed by atoms with Crippen LogP contribution in [0.5, 0.6) is 0 Å². The molecule has 0 amide bonds. The van der Waals surface area contributed by atoms with Crippen LogP contribution in [0.1, 0.15) is 33.6 Å². The van der Waals surface area contributed by atoms with Gasteiger partial charge in [0.25, 0.3) is 5.56 Å². The molecule has 4 N–H and O–H groups in total. The number of aromatic amines is 1. The molecule has 7 heteroatoms. The van der Waals surface area contributed by atoms with Crippen molar-refractivity contribution in [3.63, 3.8) is 0 Å². The fourth-order valence-corrected chi connectivity index (χ4v) is 2.26. The highest BCUT2D eigenvalue weighted by Gasteiger charge is 2.12. The van der Waals surface area contributed by atoms with E-state index < -0.39 is 11.2 Å². The van der Waals surface area contributed by atoms with Crippen molar-refractivity contribution in [3.05, 3.63) is 20.8 Å². The quantitative estimate of drug-likeness (QED) is 0.652. The van der Waals surface area contributed by atoms with E-state index in [1.807, 2.05) is 6.92 Å². The molecule has 1 aromatic heterocycles. The molecule has 0 bridgehead atoms. The lowest BCUT2D eigenvalue weighted by atomic mass is 10.1. The van der Waals surface area contributed by atoms with Gasteiger partial charge in [-0.2, -0.15) is 0 Å². The molecule has 1 rings (SSSR count). The lowest BCUT2D eigenvalue weighted by Gasteiger charge is -2.20. The summed E-state index contributed by atoms with van der Waals surface area (Å²) < 4.78 is 1.23. The Morgan fingerprint density at radius 3 is 2.52 bits per heavy atom. The number of nitrogens with one attached hydrogen (secondary N) is 2. The zero-order valence-corrected chi connectivity index (χ0v) is 13.4. The van der Waals surface area contributed by atoms with Crippen LogP contribution in [0.25, 0.3) is 0 Å². The maximum absolute atomic E-state index is 11.8. The first-order chi connectivity index (χ1) is 9.90. The molecule has 0 aliphatic heterocycles. The Bertz CT molecular complexity index is 559. The van der Waals surface area contributed by atoms with E-state index in [2.05, 4.69) is 29.0 Å². The van der Waals surface area contributed by atoms with Crippen molar-refractivity contribution in [1.29, 1.82) is 0 Å². The Hall–Kier alpha value is -1.76. The fourth-order valence-electron chi connectivity index (χ4n) is 2.26. The summed E-state index contributed by atoms with van der Waals surface area (Å²) in [6.07, 6.45) is 1.97. The van der Waals surface area contributed by atoms with Crippen molar-refractivity contribution < 1.29 is 0 Å². The summed E-state index contributed by atoms with van der Waals surface area (Å²) in [6.45, 7) is 9.44. The van der Waals surface area contributed by atoms with Gasteiger partial charge in [-0.05, 0) is 39.4 Å². The first-order valence-corrected chi connectivity index (χ1v) is 7.48. The van der Waals surface area contributed by atoms with Crippen molar-refractivity contribution in [2.24, 2.45) is 7.05 Å². The molecular weight excluding hydrogens is 270 g/mol. The van der Waals surface area contributed by atoms with E-state index >= 15 is 0 Å². The van der Waals surface area contributed by atoms with Crippen molar-refractivity contribution in [2.75, 3.05) is 30.7 Å². The van der Waals surface area contributed by atoms with Crippen molar-refractivity contribution in [2.45, 2.75) is 39.7 Å². The average Bonchev–Trinajstić information content (AvgIpc) is 2.46. The molecule has 0 fully saturated rings. The molecule has 0 spiro atoms. The number of H-pyrrole nitrogens is 1. The van der Waals surface area contributed by atoms with Crippen LogP contribution in [0.15, 0.2) is 9.59 Å². The summed E-state index contributed by atoms with van der Waals surface area (Å²) in [5.74, 6) is 0.166. The van der Waals surface area contributed by atoms with Crippen LogP contribution in [0.2, 0.25) is 0 Å². The summed E-state index contributed by atoms with van der Waals surface area (Å²) >= 11 is 0. The highest BCUT2D eigenvalue weighted by atomic mass is 16.2. The summed E-state index contributed by atoms with van der Waals surface area (Å²) in [5, 5.41) is 3.11. The van der Waals surface area contributed by atoms with E-state index in [1.165, 1.54) is 11.6 Å². The van der Waals surface area contributed by atoms with Crippen molar-refractivity contribution >= 4 is 11.5 Å². The number of rotatable bonds is 8. The molecule has 0 radical (unpaired) electrons. The molecule has 1 aromatic rings. The van der Waals surface area contributed by atoms with Crippen LogP contribution in [0.3, 0.4) is 0 Å².